The molecule has 2 aromatic rings. The Hall–Kier alpha value is -1.51. The van der Waals surface area contributed by atoms with Gasteiger partial charge >= 0.3 is 0 Å². The lowest BCUT2D eigenvalue weighted by atomic mass is 9.95. The van der Waals surface area contributed by atoms with Gasteiger partial charge in [-0.3, -0.25) is 0 Å². The van der Waals surface area contributed by atoms with Crippen LogP contribution in [-0.2, 0) is 6.42 Å². The minimum atomic E-state index is 0. The molecule has 0 radical (unpaired) electrons. The van der Waals surface area contributed by atoms with E-state index in [1.165, 1.54) is 16.7 Å². The molecule has 2 atom stereocenters. The van der Waals surface area contributed by atoms with Crippen molar-refractivity contribution < 1.29 is 4.74 Å². The van der Waals surface area contributed by atoms with Crippen molar-refractivity contribution in [3.05, 3.63) is 65.2 Å². The van der Waals surface area contributed by atoms with E-state index in [4.69, 9.17) is 4.74 Å². The zero-order valence-corrected chi connectivity index (χ0v) is 14.0. The van der Waals surface area contributed by atoms with E-state index in [1.54, 1.807) is 0 Å². The fourth-order valence-corrected chi connectivity index (χ4v) is 3.00. The van der Waals surface area contributed by atoms with Gasteiger partial charge in [0.15, 0.2) is 0 Å². The van der Waals surface area contributed by atoms with E-state index in [2.05, 4.69) is 61.6 Å². The van der Waals surface area contributed by atoms with Crippen molar-refractivity contribution in [1.82, 2.24) is 5.32 Å². The Bertz CT molecular complexity index is 600. The molecule has 1 aliphatic heterocycles. The van der Waals surface area contributed by atoms with E-state index >= 15 is 0 Å². The van der Waals surface area contributed by atoms with Gasteiger partial charge in [0.2, 0.25) is 0 Å². The number of ether oxygens (including phenoxy) is 1. The normalized spacial score (nSPS) is 18.5. The minimum absolute atomic E-state index is 0. The Labute approximate surface area is 139 Å². The zero-order chi connectivity index (χ0) is 14.7. The molecule has 2 nitrogen and oxygen atoms in total. The lowest BCUT2D eigenvalue weighted by Crippen LogP contribution is -2.18. The van der Waals surface area contributed by atoms with Crippen molar-refractivity contribution in [2.24, 2.45) is 0 Å². The van der Waals surface area contributed by atoms with Crippen LogP contribution in [0.5, 0.6) is 5.75 Å². The van der Waals surface area contributed by atoms with Gasteiger partial charge in [-0.05, 0) is 54.6 Å². The molecular formula is C19H24ClNO. The molecule has 0 bridgehead atoms. The van der Waals surface area contributed by atoms with Crippen LogP contribution in [-0.4, -0.2) is 13.1 Å². The van der Waals surface area contributed by atoms with Gasteiger partial charge in [-0.2, -0.15) is 0 Å². The molecular weight excluding hydrogens is 294 g/mol. The molecule has 2 aromatic carbocycles. The highest BCUT2D eigenvalue weighted by Gasteiger charge is 2.15. The Morgan fingerprint density at radius 1 is 1.14 bits per heavy atom. The van der Waals surface area contributed by atoms with Crippen LogP contribution in [0.4, 0.5) is 0 Å². The third-order valence-corrected chi connectivity index (χ3v) is 4.25. The first-order chi connectivity index (χ1) is 10.2. The quantitative estimate of drug-likeness (QED) is 0.900. The predicted octanol–water partition coefficient (Wildman–Crippen LogP) is 4.50. The average Bonchev–Trinajstić information content (AvgIpc) is 2.70. The second-order valence-electron chi connectivity index (χ2n) is 5.89. The molecule has 1 N–H and O–H groups in total. The molecule has 0 spiro atoms. The number of hydrogen-bond acceptors (Lipinski definition) is 2. The average molecular weight is 318 g/mol. The SMILES string of the molecule is CC1CNCCc2cc(OC(C)c3ccccc3)ccc21.Cl. The van der Waals surface area contributed by atoms with Crippen LogP contribution >= 0.6 is 12.4 Å². The molecule has 3 heteroatoms. The second-order valence-corrected chi connectivity index (χ2v) is 5.89. The van der Waals surface area contributed by atoms with Crippen LogP contribution < -0.4 is 10.1 Å². The van der Waals surface area contributed by atoms with Crippen LogP contribution in [0.2, 0.25) is 0 Å². The summed E-state index contributed by atoms with van der Waals surface area (Å²) in [6.45, 7) is 6.50. The van der Waals surface area contributed by atoms with Crippen LogP contribution in [0.3, 0.4) is 0 Å². The number of benzene rings is 2. The van der Waals surface area contributed by atoms with Gasteiger partial charge < -0.3 is 10.1 Å². The Balaban J connectivity index is 0.00000176. The van der Waals surface area contributed by atoms with Gasteiger partial charge in [0.05, 0.1) is 0 Å². The van der Waals surface area contributed by atoms with E-state index in [-0.39, 0.29) is 18.5 Å². The Morgan fingerprint density at radius 2 is 1.91 bits per heavy atom. The number of fused-ring (bicyclic) bond motifs is 1. The fraction of sp³-hybridized carbons (Fsp3) is 0.368. The Kier molecular flexibility index (Phi) is 5.87. The summed E-state index contributed by atoms with van der Waals surface area (Å²) in [4.78, 5) is 0. The van der Waals surface area contributed by atoms with Gasteiger partial charge in [-0.1, -0.05) is 43.3 Å². The lowest BCUT2D eigenvalue weighted by molar-refractivity contribution is 0.226. The van der Waals surface area contributed by atoms with Gasteiger partial charge in [0.25, 0.3) is 0 Å². The summed E-state index contributed by atoms with van der Waals surface area (Å²) in [5, 5.41) is 3.49. The maximum absolute atomic E-state index is 6.12. The molecule has 0 saturated heterocycles. The summed E-state index contributed by atoms with van der Waals surface area (Å²) < 4.78 is 6.12. The zero-order valence-electron chi connectivity index (χ0n) is 13.2. The summed E-state index contributed by atoms with van der Waals surface area (Å²) in [6.07, 6.45) is 1.15. The molecule has 118 valence electrons. The van der Waals surface area contributed by atoms with Gasteiger partial charge in [0, 0.05) is 6.54 Å². The van der Waals surface area contributed by atoms with Crippen molar-refractivity contribution >= 4 is 12.4 Å². The first-order valence-electron chi connectivity index (χ1n) is 7.79. The molecule has 0 aliphatic carbocycles. The van der Waals surface area contributed by atoms with E-state index in [1.807, 2.05) is 6.07 Å². The molecule has 2 unspecified atom stereocenters. The van der Waals surface area contributed by atoms with Crippen LogP contribution in [0.25, 0.3) is 0 Å². The largest absolute Gasteiger partial charge is 0.486 e. The summed E-state index contributed by atoms with van der Waals surface area (Å²) in [5.41, 5.74) is 4.09. The molecule has 0 fully saturated rings. The molecule has 1 aliphatic rings. The maximum Gasteiger partial charge on any atom is 0.121 e. The second kappa shape index (κ2) is 7.66. The third-order valence-electron chi connectivity index (χ3n) is 4.25. The predicted molar refractivity (Wildman–Crippen MR) is 94.2 cm³/mol. The fourth-order valence-electron chi connectivity index (χ4n) is 3.00. The number of nitrogens with one attached hydrogen (secondary N) is 1. The van der Waals surface area contributed by atoms with Gasteiger partial charge in [0.1, 0.15) is 11.9 Å². The highest BCUT2D eigenvalue weighted by Crippen LogP contribution is 2.28. The maximum atomic E-state index is 6.12. The molecule has 0 amide bonds. The van der Waals surface area contributed by atoms with E-state index in [9.17, 15) is 0 Å². The standard InChI is InChI=1S/C19H23NO.ClH/c1-14-13-20-11-10-17-12-18(8-9-19(14)17)21-15(2)16-6-4-3-5-7-16;/h3-9,12,14-15,20H,10-11,13H2,1-2H3;1H. The van der Waals surface area contributed by atoms with Crippen molar-refractivity contribution in [2.45, 2.75) is 32.3 Å². The molecule has 3 rings (SSSR count). The first kappa shape index (κ1) is 16.9. The van der Waals surface area contributed by atoms with Crippen LogP contribution in [0.15, 0.2) is 48.5 Å². The lowest BCUT2D eigenvalue weighted by Gasteiger charge is -2.18. The third kappa shape index (κ3) is 3.82. The minimum Gasteiger partial charge on any atom is -0.486 e. The monoisotopic (exact) mass is 317 g/mol. The number of hydrogen-bond donors (Lipinski definition) is 1. The first-order valence-corrected chi connectivity index (χ1v) is 7.79. The van der Waals surface area contributed by atoms with Crippen molar-refractivity contribution in [2.75, 3.05) is 13.1 Å². The van der Waals surface area contributed by atoms with E-state index in [0.717, 1.165) is 25.3 Å². The smallest absolute Gasteiger partial charge is 0.121 e. The highest BCUT2D eigenvalue weighted by atomic mass is 35.5. The Morgan fingerprint density at radius 3 is 2.68 bits per heavy atom. The van der Waals surface area contributed by atoms with Crippen molar-refractivity contribution in [3.63, 3.8) is 0 Å². The topological polar surface area (TPSA) is 21.3 Å². The summed E-state index contributed by atoms with van der Waals surface area (Å²) in [6, 6.07) is 16.9. The van der Waals surface area contributed by atoms with Crippen LogP contribution in [0, 0.1) is 0 Å². The number of rotatable bonds is 3. The summed E-state index contributed by atoms with van der Waals surface area (Å²) in [7, 11) is 0. The van der Waals surface area contributed by atoms with E-state index < -0.39 is 0 Å². The molecule has 1 heterocycles. The van der Waals surface area contributed by atoms with Gasteiger partial charge in [-0.25, -0.2) is 0 Å². The molecule has 22 heavy (non-hydrogen) atoms. The van der Waals surface area contributed by atoms with Crippen molar-refractivity contribution in [3.8, 4) is 5.75 Å². The van der Waals surface area contributed by atoms with E-state index in [0.29, 0.717) is 5.92 Å². The molecule has 0 aromatic heterocycles. The van der Waals surface area contributed by atoms with Crippen molar-refractivity contribution in [1.29, 1.82) is 0 Å². The number of halogens is 1. The molecule has 0 saturated carbocycles. The van der Waals surface area contributed by atoms with Gasteiger partial charge in [-0.15, -0.1) is 12.4 Å². The summed E-state index contributed by atoms with van der Waals surface area (Å²) >= 11 is 0. The summed E-state index contributed by atoms with van der Waals surface area (Å²) in [5.74, 6) is 1.54. The highest BCUT2D eigenvalue weighted by molar-refractivity contribution is 5.85. The van der Waals surface area contributed by atoms with Crippen LogP contribution in [0.1, 0.15) is 42.6 Å².